The van der Waals surface area contributed by atoms with Crippen LogP contribution in [0.4, 0.5) is 0 Å². The van der Waals surface area contributed by atoms with E-state index in [4.69, 9.17) is 0 Å². The molecule has 0 bridgehead atoms. The molecule has 5 rings (SSSR count). The van der Waals surface area contributed by atoms with Gasteiger partial charge in [0.25, 0.3) is 0 Å². The van der Waals surface area contributed by atoms with E-state index in [2.05, 4.69) is 17.1 Å². The van der Waals surface area contributed by atoms with Crippen LogP contribution in [0.15, 0.2) is 0 Å². The van der Waals surface area contributed by atoms with Gasteiger partial charge < -0.3 is 10.4 Å². The number of aliphatic carboxylic acids is 1. The summed E-state index contributed by atoms with van der Waals surface area (Å²) < 4.78 is 0. The fourth-order valence-corrected chi connectivity index (χ4v) is 8.22. The molecule has 3 heterocycles. The molecule has 2 N–H and O–H groups in total. The number of rotatable bonds is 2. The van der Waals surface area contributed by atoms with Crippen molar-refractivity contribution in [3.63, 3.8) is 0 Å². The second-order valence-electron chi connectivity index (χ2n) is 9.41. The Morgan fingerprint density at radius 2 is 2.04 bits per heavy atom. The highest BCUT2D eigenvalue weighted by atomic mass is 16.4. The average molecular weight is 332 g/mol. The van der Waals surface area contributed by atoms with Crippen LogP contribution < -0.4 is 5.32 Å². The number of carboxylic acid groups (broad SMARTS) is 1. The van der Waals surface area contributed by atoms with Gasteiger partial charge in [-0.05, 0) is 69.4 Å². The lowest BCUT2D eigenvalue weighted by Crippen LogP contribution is -2.66. The van der Waals surface area contributed by atoms with Crippen LogP contribution in [0.25, 0.3) is 0 Å². The van der Waals surface area contributed by atoms with Gasteiger partial charge in [-0.25, -0.2) is 0 Å². The summed E-state index contributed by atoms with van der Waals surface area (Å²) in [4.78, 5) is 15.0. The molecule has 3 aliphatic heterocycles. The highest BCUT2D eigenvalue weighted by Gasteiger charge is 2.72. The van der Waals surface area contributed by atoms with E-state index in [0.717, 1.165) is 18.8 Å². The number of carbonyl (C=O) groups is 1. The Morgan fingerprint density at radius 3 is 2.83 bits per heavy atom. The second kappa shape index (κ2) is 5.20. The number of nitrogens with zero attached hydrogens (tertiary/aromatic N) is 1. The maximum Gasteiger partial charge on any atom is 0.308 e. The Bertz CT molecular complexity index is 552. The summed E-state index contributed by atoms with van der Waals surface area (Å²) in [5.74, 6) is 0.00287. The van der Waals surface area contributed by atoms with Crippen molar-refractivity contribution in [2.45, 2.75) is 82.8 Å². The number of fused-ring (bicyclic) bond motifs is 1. The summed E-state index contributed by atoms with van der Waals surface area (Å²) >= 11 is 0. The van der Waals surface area contributed by atoms with Crippen LogP contribution in [0.5, 0.6) is 0 Å². The standard InChI is InChI=1S/C20H32N2O2/c1-2-19-8-5-10-22-11-9-20(18(19)22)14-6-3-4-7-15(14)21-16(20)13(12-19)17(23)24/h13-16,18,21H,2-12H2,1H3,(H,23,24)/t13-,14-,15+,16-,18-,19-,20-/m0/s1. The lowest BCUT2D eigenvalue weighted by molar-refractivity contribution is -0.157. The van der Waals surface area contributed by atoms with E-state index in [-0.39, 0.29) is 22.8 Å². The van der Waals surface area contributed by atoms with E-state index >= 15 is 0 Å². The first-order valence-electron chi connectivity index (χ1n) is 10.4. The van der Waals surface area contributed by atoms with Gasteiger partial charge in [0.2, 0.25) is 0 Å². The molecule has 0 aromatic carbocycles. The third-order valence-electron chi connectivity index (χ3n) is 8.89. The highest BCUT2D eigenvalue weighted by molar-refractivity contribution is 5.72. The molecule has 5 fully saturated rings. The molecule has 4 heteroatoms. The molecule has 4 nitrogen and oxygen atoms in total. The largest absolute Gasteiger partial charge is 0.481 e. The summed E-state index contributed by atoms with van der Waals surface area (Å²) in [7, 11) is 0. The van der Waals surface area contributed by atoms with Crippen molar-refractivity contribution in [2.24, 2.45) is 22.7 Å². The van der Waals surface area contributed by atoms with Crippen LogP contribution in [0, 0.1) is 22.7 Å². The monoisotopic (exact) mass is 332 g/mol. The smallest absolute Gasteiger partial charge is 0.308 e. The third kappa shape index (κ3) is 1.74. The molecule has 134 valence electrons. The predicted octanol–water partition coefficient (Wildman–Crippen LogP) is 2.87. The topological polar surface area (TPSA) is 52.6 Å². The molecular weight excluding hydrogens is 300 g/mol. The maximum atomic E-state index is 12.3. The van der Waals surface area contributed by atoms with Crippen LogP contribution in [-0.2, 0) is 4.79 Å². The zero-order valence-corrected chi connectivity index (χ0v) is 15.0. The Balaban J connectivity index is 1.66. The molecule has 2 saturated carbocycles. The van der Waals surface area contributed by atoms with Gasteiger partial charge in [-0.2, -0.15) is 0 Å². The quantitative estimate of drug-likeness (QED) is 0.816. The fraction of sp³-hybridized carbons (Fsp3) is 0.950. The molecule has 0 unspecified atom stereocenters. The van der Waals surface area contributed by atoms with E-state index in [1.54, 1.807) is 0 Å². The van der Waals surface area contributed by atoms with Crippen molar-refractivity contribution in [1.82, 2.24) is 10.2 Å². The van der Waals surface area contributed by atoms with Gasteiger partial charge in [0.05, 0.1) is 5.92 Å². The fourth-order valence-electron chi connectivity index (χ4n) is 8.22. The van der Waals surface area contributed by atoms with Gasteiger partial charge in [-0.3, -0.25) is 9.69 Å². The van der Waals surface area contributed by atoms with Crippen LogP contribution in [0.1, 0.15) is 64.7 Å². The van der Waals surface area contributed by atoms with Gasteiger partial charge >= 0.3 is 5.97 Å². The van der Waals surface area contributed by atoms with Crippen molar-refractivity contribution in [3.8, 4) is 0 Å². The van der Waals surface area contributed by atoms with Crippen molar-refractivity contribution in [2.75, 3.05) is 13.1 Å². The van der Waals surface area contributed by atoms with Gasteiger partial charge in [0.1, 0.15) is 0 Å². The van der Waals surface area contributed by atoms with Crippen LogP contribution >= 0.6 is 0 Å². The minimum absolute atomic E-state index is 0.176. The molecular formula is C20H32N2O2. The third-order valence-corrected chi connectivity index (χ3v) is 8.89. The van der Waals surface area contributed by atoms with E-state index in [1.165, 1.54) is 58.0 Å². The summed E-state index contributed by atoms with van der Waals surface area (Å²) in [5.41, 5.74) is 0.491. The first kappa shape index (κ1) is 15.6. The first-order chi connectivity index (χ1) is 11.6. The molecule has 0 aromatic heterocycles. The second-order valence-corrected chi connectivity index (χ2v) is 9.41. The molecule has 1 spiro atoms. The van der Waals surface area contributed by atoms with Gasteiger partial charge in [-0.1, -0.05) is 19.8 Å². The normalized spacial score (nSPS) is 53.3. The SMILES string of the molecule is CC[C@]12CCCN3CC[C@@]4([C@H]5CCCC[C@H]5N[C@H]4[C@@H](C(=O)O)C1)[C@@H]32. The number of hydrogen-bond acceptors (Lipinski definition) is 3. The summed E-state index contributed by atoms with van der Waals surface area (Å²) in [6.45, 7) is 4.78. The molecule has 5 aliphatic rings. The Kier molecular flexibility index (Phi) is 3.39. The van der Waals surface area contributed by atoms with E-state index in [0.29, 0.717) is 12.1 Å². The highest BCUT2D eigenvalue weighted by Crippen LogP contribution is 2.67. The molecule has 2 aliphatic carbocycles. The van der Waals surface area contributed by atoms with E-state index < -0.39 is 5.97 Å². The van der Waals surface area contributed by atoms with Crippen molar-refractivity contribution in [3.05, 3.63) is 0 Å². The first-order valence-corrected chi connectivity index (χ1v) is 10.4. The Labute approximate surface area is 145 Å². The molecule has 24 heavy (non-hydrogen) atoms. The number of hydrogen-bond donors (Lipinski definition) is 2. The lowest BCUT2D eigenvalue weighted by Gasteiger charge is -2.61. The zero-order valence-electron chi connectivity index (χ0n) is 15.0. The Hall–Kier alpha value is -0.610. The predicted molar refractivity (Wildman–Crippen MR) is 92.8 cm³/mol. The van der Waals surface area contributed by atoms with Gasteiger partial charge in [-0.15, -0.1) is 0 Å². The Morgan fingerprint density at radius 1 is 1.21 bits per heavy atom. The summed E-state index contributed by atoms with van der Waals surface area (Å²) in [5, 5.41) is 14.0. The van der Waals surface area contributed by atoms with Crippen LogP contribution in [0.3, 0.4) is 0 Å². The van der Waals surface area contributed by atoms with Gasteiger partial charge in [0, 0.05) is 23.5 Å². The van der Waals surface area contributed by atoms with Crippen molar-refractivity contribution >= 4 is 5.97 Å². The lowest BCUT2D eigenvalue weighted by atomic mass is 9.47. The molecule has 0 radical (unpaired) electrons. The zero-order chi connectivity index (χ0) is 16.5. The van der Waals surface area contributed by atoms with Crippen molar-refractivity contribution < 1.29 is 9.90 Å². The molecule has 0 aromatic rings. The summed E-state index contributed by atoms with van der Waals surface area (Å²) in [6, 6.07) is 1.45. The average Bonchev–Trinajstić information content (AvgIpc) is 3.15. The minimum Gasteiger partial charge on any atom is -0.481 e. The number of carboxylic acids is 1. The molecule has 0 amide bonds. The van der Waals surface area contributed by atoms with E-state index in [9.17, 15) is 9.90 Å². The number of nitrogens with one attached hydrogen (secondary N) is 1. The van der Waals surface area contributed by atoms with Crippen LogP contribution in [0.2, 0.25) is 0 Å². The van der Waals surface area contributed by atoms with E-state index in [1.807, 2.05) is 0 Å². The summed E-state index contributed by atoms with van der Waals surface area (Å²) in [6.07, 6.45) is 11.1. The minimum atomic E-state index is -0.541. The molecule has 7 atom stereocenters. The maximum absolute atomic E-state index is 12.3. The number of piperidine rings is 1. The van der Waals surface area contributed by atoms with Crippen molar-refractivity contribution in [1.29, 1.82) is 0 Å². The van der Waals surface area contributed by atoms with Crippen LogP contribution in [-0.4, -0.2) is 47.2 Å². The van der Waals surface area contributed by atoms with Gasteiger partial charge in [0.15, 0.2) is 0 Å². The molecule has 3 saturated heterocycles.